The monoisotopic (exact) mass is 631 g/mol. The second-order valence-electron chi connectivity index (χ2n) is 9.49. The first-order valence-electron chi connectivity index (χ1n) is 13.2. The SMILES string of the molecule is O=C(NCc1nnc(SCC(=O)N2N=C(c3cccs3)CC2c2ccc(F)cc2)n1-c1ccc([N+](=O)[O-])cc1)c1ccco1. The molecule has 12 nitrogen and oxygen atoms in total. The number of rotatable bonds is 10. The lowest BCUT2D eigenvalue weighted by Gasteiger charge is -2.22. The van der Waals surface area contributed by atoms with Crippen molar-refractivity contribution in [1.82, 2.24) is 25.1 Å². The Morgan fingerprint density at radius 3 is 2.57 bits per heavy atom. The van der Waals surface area contributed by atoms with E-state index in [-0.39, 0.29) is 35.5 Å². The molecule has 5 aromatic rings. The Morgan fingerprint density at radius 1 is 1.09 bits per heavy atom. The molecule has 0 aliphatic carbocycles. The third-order valence-corrected chi connectivity index (χ3v) is 8.55. The Morgan fingerprint density at radius 2 is 1.89 bits per heavy atom. The van der Waals surface area contributed by atoms with E-state index < -0.39 is 16.9 Å². The van der Waals surface area contributed by atoms with E-state index in [0.717, 1.165) is 27.9 Å². The topological polar surface area (TPSA) is 149 Å². The van der Waals surface area contributed by atoms with Gasteiger partial charge in [-0.3, -0.25) is 24.3 Å². The molecule has 1 N–H and O–H groups in total. The normalized spacial score (nSPS) is 14.4. The van der Waals surface area contributed by atoms with Crippen molar-refractivity contribution in [3.05, 3.63) is 122 Å². The number of hydrogen-bond donors (Lipinski definition) is 1. The molecule has 6 rings (SSSR count). The van der Waals surface area contributed by atoms with Crippen LogP contribution in [0.25, 0.3) is 5.69 Å². The predicted octanol–water partition coefficient (Wildman–Crippen LogP) is 5.37. The number of nitro groups is 1. The van der Waals surface area contributed by atoms with E-state index in [1.54, 1.807) is 22.8 Å². The van der Waals surface area contributed by atoms with Crippen LogP contribution in [-0.4, -0.2) is 48.0 Å². The lowest BCUT2D eigenvalue weighted by Crippen LogP contribution is -2.28. The van der Waals surface area contributed by atoms with Crippen LogP contribution in [0.3, 0.4) is 0 Å². The minimum absolute atomic E-state index is 0.0364. The van der Waals surface area contributed by atoms with Crippen molar-refractivity contribution in [1.29, 1.82) is 0 Å². The predicted molar refractivity (Wildman–Crippen MR) is 160 cm³/mol. The standard InChI is InChI=1S/C29H22FN7O5S2/c30-19-7-5-18(6-8-19)23-15-22(25-4-2-14-43-25)34-36(23)27(38)17-44-29-33-32-26(16-31-28(39)24-3-1-13-42-24)35(29)20-9-11-21(12-10-20)37(40)41/h1-14,23H,15-17H2,(H,31,39). The number of halogens is 1. The number of non-ortho nitro benzene ring substituents is 1. The van der Waals surface area contributed by atoms with Crippen molar-refractivity contribution < 1.29 is 23.3 Å². The third-order valence-electron chi connectivity index (χ3n) is 6.72. The molecule has 0 spiro atoms. The number of nitrogens with one attached hydrogen (secondary N) is 1. The van der Waals surface area contributed by atoms with E-state index in [2.05, 4.69) is 20.6 Å². The fourth-order valence-electron chi connectivity index (χ4n) is 4.61. The molecule has 1 aliphatic rings. The van der Waals surface area contributed by atoms with Crippen molar-refractivity contribution in [2.24, 2.45) is 5.10 Å². The molecule has 2 aromatic carbocycles. The lowest BCUT2D eigenvalue weighted by atomic mass is 10.0. The van der Waals surface area contributed by atoms with Crippen molar-refractivity contribution >= 4 is 46.3 Å². The molecule has 222 valence electrons. The lowest BCUT2D eigenvalue weighted by molar-refractivity contribution is -0.384. The fourth-order valence-corrected chi connectivity index (χ4v) is 6.16. The van der Waals surface area contributed by atoms with Crippen LogP contribution >= 0.6 is 23.1 Å². The number of carbonyl (C=O) groups is 2. The van der Waals surface area contributed by atoms with Crippen LogP contribution in [0, 0.1) is 15.9 Å². The average Bonchev–Trinajstić information content (AvgIpc) is 3.85. The summed E-state index contributed by atoms with van der Waals surface area (Å²) in [5.74, 6) is -0.753. The molecule has 0 saturated carbocycles. The van der Waals surface area contributed by atoms with Gasteiger partial charge in [-0.25, -0.2) is 9.40 Å². The van der Waals surface area contributed by atoms with Crippen LogP contribution < -0.4 is 5.32 Å². The van der Waals surface area contributed by atoms with E-state index in [9.17, 15) is 24.1 Å². The molecule has 0 saturated heterocycles. The summed E-state index contributed by atoms with van der Waals surface area (Å²) in [4.78, 5) is 37.8. The molecule has 0 radical (unpaired) electrons. The highest BCUT2D eigenvalue weighted by molar-refractivity contribution is 7.99. The highest BCUT2D eigenvalue weighted by Gasteiger charge is 2.34. The molecular weight excluding hydrogens is 609 g/mol. The number of furan rings is 1. The van der Waals surface area contributed by atoms with Gasteiger partial charge < -0.3 is 9.73 Å². The molecule has 0 fully saturated rings. The van der Waals surface area contributed by atoms with E-state index in [1.165, 1.54) is 65.1 Å². The zero-order valence-electron chi connectivity index (χ0n) is 22.7. The quantitative estimate of drug-likeness (QED) is 0.123. The summed E-state index contributed by atoms with van der Waals surface area (Å²) in [6.45, 7) is -0.0364. The van der Waals surface area contributed by atoms with Gasteiger partial charge in [-0.2, -0.15) is 5.10 Å². The number of thioether (sulfide) groups is 1. The number of benzene rings is 2. The highest BCUT2D eigenvalue weighted by atomic mass is 32.2. The third kappa shape index (κ3) is 6.14. The van der Waals surface area contributed by atoms with Crippen molar-refractivity contribution in [2.45, 2.75) is 24.2 Å². The number of nitro benzene ring substituents is 1. The van der Waals surface area contributed by atoms with E-state index >= 15 is 0 Å². The van der Waals surface area contributed by atoms with Gasteiger partial charge in [0.1, 0.15) is 5.82 Å². The zero-order chi connectivity index (χ0) is 30.6. The summed E-state index contributed by atoms with van der Waals surface area (Å²) in [6.07, 6.45) is 1.86. The molecule has 4 heterocycles. The largest absolute Gasteiger partial charge is 0.459 e. The maximum absolute atomic E-state index is 13.7. The minimum atomic E-state index is -0.507. The number of amides is 2. The maximum atomic E-state index is 13.7. The molecule has 44 heavy (non-hydrogen) atoms. The smallest absolute Gasteiger partial charge is 0.287 e. The van der Waals surface area contributed by atoms with Gasteiger partial charge in [0.15, 0.2) is 16.7 Å². The highest BCUT2D eigenvalue weighted by Crippen LogP contribution is 2.35. The van der Waals surface area contributed by atoms with Crippen molar-refractivity contribution in [3.8, 4) is 5.69 Å². The summed E-state index contributed by atoms with van der Waals surface area (Å²) in [5.41, 5.74) is 1.92. The average molecular weight is 632 g/mol. The molecule has 1 unspecified atom stereocenters. The van der Waals surface area contributed by atoms with Gasteiger partial charge >= 0.3 is 0 Å². The van der Waals surface area contributed by atoms with Gasteiger partial charge in [0.25, 0.3) is 17.5 Å². The van der Waals surface area contributed by atoms with Crippen LogP contribution in [-0.2, 0) is 11.3 Å². The van der Waals surface area contributed by atoms with Crippen molar-refractivity contribution in [3.63, 3.8) is 0 Å². The van der Waals surface area contributed by atoms with Gasteiger partial charge in [-0.05, 0) is 53.4 Å². The first-order chi connectivity index (χ1) is 21.4. The number of hydrazone groups is 1. The van der Waals surface area contributed by atoms with E-state index in [4.69, 9.17) is 4.42 Å². The fraction of sp³-hybridized carbons (Fsp3) is 0.138. The summed E-state index contributed by atoms with van der Waals surface area (Å²) in [6, 6.07) is 18.3. The second-order valence-corrected chi connectivity index (χ2v) is 11.4. The van der Waals surface area contributed by atoms with Gasteiger partial charge in [-0.15, -0.1) is 21.5 Å². The second kappa shape index (κ2) is 12.6. The molecule has 3 aromatic heterocycles. The molecule has 2 amide bonds. The molecule has 15 heteroatoms. The van der Waals surface area contributed by atoms with Crippen LogP contribution in [0.2, 0.25) is 0 Å². The Kier molecular flexibility index (Phi) is 8.29. The van der Waals surface area contributed by atoms with Gasteiger partial charge in [0.05, 0.1) is 40.1 Å². The van der Waals surface area contributed by atoms with Crippen LogP contribution in [0.5, 0.6) is 0 Å². The number of aromatic nitrogens is 3. The first kappa shape index (κ1) is 28.9. The molecule has 1 aliphatic heterocycles. The summed E-state index contributed by atoms with van der Waals surface area (Å²) in [7, 11) is 0. The first-order valence-corrected chi connectivity index (χ1v) is 15.1. The van der Waals surface area contributed by atoms with Gasteiger partial charge in [-0.1, -0.05) is 30.0 Å². The molecule has 1 atom stereocenters. The Hall–Kier alpha value is -5.15. The number of hydrogen-bond acceptors (Lipinski definition) is 10. The number of carbonyl (C=O) groups excluding carboxylic acids is 2. The Bertz CT molecular complexity index is 1820. The summed E-state index contributed by atoms with van der Waals surface area (Å²) >= 11 is 2.63. The van der Waals surface area contributed by atoms with Gasteiger partial charge in [0, 0.05) is 24.2 Å². The summed E-state index contributed by atoms with van der Waals surface area (Å²) in [5, 5.41) is 30.7. The number of thiophene rings is 1. The molecule has 0 bridgehead atoms. The van der Waals surface area contributed by atoms with Crippen LogP contribution in [0.15, 0.2) is 99.1 Å². The van der Waals surface area contributed by atoms with Crippen LogP contribution in [0.1, 0.15) is 39.3 Å². The minimum Gasteiger partial charge on any atom is -0.459 e. The zero-order valence-corrected chi connectivity index (χ0v) is 24.3. The van der Waals surface area contributed by atoms with Gasteiger partial charge in [0.2, 0.25) is 0 Å². The van der Waals surface area contributed by atoms with E-state index in [0.29, 0.717) is 23.1 Å². The van der Waals surface area contributed by atoms with Crippen LogP contribution in [0.4, 0.5) is 10.1 Å². The van der Waals surface area contributed by atoms with E-state index in [1.807, 2.05) is 17.5 Å². The molecular formula is C29H22FN7O5S2. The Balaban J connectivity index is 1.25. The summed E-state index contributed by atoms with van der Waals surface area (Å²) < 4.78 is 20.4. The van der Waals surface area contributed by atoms with Crippen molar-refractivity contribution in [2.75, 3.05) is 5.75 Å². The Labute approximate surface area is 257 Å². The maximum Gasteiger partial charge on any atom is 0.287 e. The number of nitrogens with zero attached hydrogens (tertiary/aromatic N) is 6.